The number of ether oxygens (including phenoxy) is 3. The van der Waals surface area contributed by atoms with E-state index >= 15 is 0 Å². The molecular formula is C29H39ClO8S. The van der Waals surface area contributed by atoms with E-state index in [4.69, 9.17) is 30.0 Å². The van der Waals surface area contributed by atoms with Crippen LogP contribution in [-0.2, 0) is 26.1 Å². The Hall–Kier alpha value is -2.75. The van der Waals surface area contributed by atoms with Crippen LogP contribution < -0.4 is 13.7 Å². The van der Waals surface area contributed by atoms with Crippen molar-refractivity contribution in [1.82, 2.24) is 0 Å². The second kappa shape index (κ2) is 17.0. The first kappa shape index (κ1) is 32.5. The van der Waals surface area contributed by atoms with Gasteiger partial charge in [0.25, 0.3) is 0 Å². The Kier molecular flexibility index (Phi) is 14.2. The molecule has 0 saturated heterocycles. The molecule has 0 aliphatic heterocycles. The normalized spacial score (nSPS) is 11.8. The van der Waals surface area contributed by atoms with Gasteiger partial charge in [-0.25, -0.2) is 4.79 Å². The fourth-order valence-corrected chi connectivity index (χ4v) is 4.92. The van der Waals surface area contributed by atoms with Crippen molar-refractivity contribution < 1.29 is 36.7 Å². The van der Waals surface area contributed by atoms with Crippen LogP contribution in [0.1, 0.15) is 64.0 Å². The van der Waals surface area contributed by atoms with Crippen molar-refractivity contribution in [2.45, 2.75) is 59.3 Å². The molecule has 0 aromatic heterocycles. The maximum absolute atomic E-state index is 12.1. The van der Waals surface area contributed by atoms with Crippen LogP contribution in [0.2, 0.25) is 5.02 Å². The van der Waals surface area contributed by atoms with E-state index in [0.29, 0.717) is 62.8 Å². The average Bonchev–Trinajstić information content (AvgIpc) is 2.89. The number of benzene rings is 2. The summed E-state index contributed by atoms with van der Waals surface area (Å²) >= 11 is 6.28. The SMILES string of the molecule is CCCCOc1cc(C=C(CCOCC)C(=O)O)ccc1OCCc1ccc(OS(=O)(=O)CCCC)c(Cl)c1. The molecule has 0 fully saturated rings. The summed E-state index contributed by atoms with van der Waals surface area (Å²) in [6.07, 6.45) is 5.53. The van der Waals surface area contributed by atoms with Crippen LogP contribution in [0.5, 0.6) is 17.2 Å². The number of carboxylic acid groups (broad SMARTS) is 1. The van der Waals surface area contributed by atoms with Crippen LogP contribution >= 0.6 is 11.6 Å². The first-order chi connectivity index (χ1) is 18.7. The number of hydrogen-bond acceptors (Lipinski definition) is 7. The van der Waals surface area contributed by atoms with Crippen LogP contribution in [0.4, 0.5) is 0 Å². The highest BCUT2D eigenvalue weighted by atomic mass is 35.5. The number of aliphatic carboxylic acids is 1. The summed E-state index contributed by atoms with van der Waals surface area (Å²) in [4.78, 5) is 11.7. The molecule has 0 saturated carbocycles. The summed E-state index contributed by atoms with van der Waals surface area (Å²) < 4.78 is 46.6. The van der Waals surface area contributed by atoms with Gasteiger partial charge >= 0.3 is 16.1 Å². The van der Waals surface area contributed by atoms with E-state index < -0.39 is 16.1 Å². The van der Waals surface area contributed by atoms with Gasteiger partial charge in [-0.15, -0.1) is 0 Å². The van der Waals surface area contributed by atoms with Crippen molar-refractivity contribution in [2.24, 2.45) is 0 Å². The lowest BCUT2D eigenvalue weighted by Crippen LogP contribution is -2.14. The molecule has 2 rings (SSSR count). The predicted octanol–water partition coefficient (Wildman–Crippen LogP) is 6.54. The van der Waals surface area contributed by atoms with Gasteiger partial charge in [-0.3, -0.25) is 0 Å². The van der Waals surface area contributed by atoms with Gasteiger partial charge in [0.05, 0.1) is 30.6 Å². The Bertz CT molecular complexity index is 1190. The first-order valence-corrected chi connectivity index (χ1v) is 15.3. The quantitative estimate of drug-likeness (QED) is 0.113. The summed E-state index contributed by atoms with van der Waals surface area (Å²) in [5.41, 5.74) is 1.80. The lowest BCUT2D eigenvalue weighted by atomic mass is 10.1. The molecule has 1 N–H and O–H groups in total. The van der Waals surface area contributed by atoms with E-state index in [1.807, 2.05) is 13.8 Å². The molecule has 0 spiro atoms. The molecule has 0 aliphatic carbocycles. The van der Waals surface area contributed by atoms with Gasteiger partial charge in [-0.05, 0) is 61.2 Å². The van der Waals surface area contributed by atoms with E-state index in [1.165, 1.54) is 0 Å². The maximum atomic E-state index is 12.1. The summed E-state index contributed by atoms with van der Waals surface area (Å²) in [5.74, 6) is 0.137. The Morgan fingerprint density at radius 1 is 0.923 bits per heavy atom. The van der Waals surface area contributed by atoms with E-state index in [2.05, 4.69) is 6.92 Å². The smallest absolute Gasteiger partial charge is 0.331 e. The van der Waals surface area contributed by atoms with Crippen molar-refractivity contribution >= 4 is 33.8 Å². The molecule has 0 atom stereocenters. The summed E-state index contributed by atoms with van der Waals surface area (Å²) in [6, 6.07) is 10.3. The number of carboxylic acids is 1. The van der Waals surface area contributed by atoms with Crippen molar-refractivity contribution in [3.05, 3.63) is 58.1 Å². The van der Waals surface area contributed by atoms with Crippen LogP contribution in [0.15, 0.2) is 42.0 Å². The van der Waals surface area contributed by atoms with Gasteiger partial charge in [-0.2, -0.15) is 8.42 Å². The Balaban J connectivity index is 2.10. The fraction of sp³-hybridized carbons (Fsp3) is 0.483. The van der Waals surface area contributed by atoms with Gasteiger partial charge in [0.15, 0.2) is 17.2 Å². The molecule has 0 aliphatic rings. The third-order valence-electron chi connectivity index (χ3n) is 5.67. The number of unbranched alkanes of at least 4 members (excludes halogenated alkanes) is 2. The second-order valence-electron chi connectivity index (χ2n) is 8.89. The minimum absolute atomic E-state index is 0.0580. The minimum Gasteiger partial charge on any atom is -0.490 e. The summed E-state index contributed by atoms with van der Waals surface area (Å²) in [6.45, 7) is 7.53. The zero-order chi connectivity index (χ0) is 28.7. The predicted molar refractivity (Wildman–Crippen MR) is 154 cm³/mol. The van der Waals surface area contributed by atoms with Crippen LogP contribution in [0.25, 0.3) is 6.08 Å². The topological polar surface area (TPSA) is 108 Å². The molecule has 8 nitrogen and oxygen atoms in total. The number of hydrogen-bond donors (Lipinski definition) is 1. The van der Waals surface area contributed by atoms with Crippen LogP contribution in [-0.4, -0.2) is 51.7 Å². The van der Waals surface area contributed by atoms with Gasteiger partial charge in [0.1, 0.15) is 0 Å². The molecule has 2 aromatic rings. The third kappa shape index (κ3) is 11.9. The van der Waals surface area contributed by atoms with Gasteiger partial charge in [-0.1, -0.05) is 50.4 Å². The highest BCUT2D eigenvalue weighted by Gasteiger charge is 2.15. The molecule has 0 heterocycles. The highest BCUT2D eigenvalue weighted by molar-refractivity contribution is 7.87. The largest absolute Gasteiger partial charge is 0.490 e. The third-order valence-corrected chi connectivity index (χ3v) is 7.19. The van der Waals surface area contributed by atoms with Gasteiger partial charge < -0.3 is 23.5 Å². The minimum atomic E-state index is -3.69. The van der Waals surface area contributed by atoms with E-state index in [-0.39, 0.29) is 22.1 Å². The Morgan fingerprint density at radius 2 is 1.64 bits per heavy atom. The van der Waals surface area contributed by atoms with Crippen LogP contribution in [0, 0.1) is 0 Å². The number of halogens is 1. The van der Waals surface area contributed by atoms with Crippen molar-refractivity contribution in [3.8, 4) is 17.2 Å². The van der Waals surface area contributed by atoms with Crippen molar-refractivity contribution in [3.63, 3.8) is 0 Å². The van der Waals surface area contributed by atoms with Gasteiger partial charge in [0, 0.05) is 25.0 Å². The van der Waals surface area contributed by atoms with Gasteiger partial charge in [0.2, 0.25) is 0 Å². The fourth-order valence-electron chi connectivity index (χ4n) is 3.49. The van der Waals surface area contributed by atoms with Crippen molar-refractivity contribution in [2.75, 3.05) is 32.2 Å². The summed E-state index contributed by atoms with van der Waals surface area (Å²) in [7, 11) is -3.69. The molecule has 0 unspecified atom stereocenters. The highest BCUT2D eigenvalue weighted by Crippen LogP contribution is 2.31. The summed E-state index contributed by atoms with van der Waals surface area (Å²) in [5, 5.41) is 9.77. The standard InChI is InChI=1S/C29H39ClO8S/c1-4-7-15-36-28-21-23(19-24(29(31)32)14-16-35-6-3)10-12-27(28)37-17-13-22-9-11-26(25(30)20-22)38-39(33,34)18-8-5-2/h9-12,19-21H,4-8,13-18H2,1-3H3,(H,31,32). The molecular weight excluding hydrogens is 544 g/mol. The average molecular weight is 583 g/mol. The first-order valence-electron chi connectivity index (χ1n) is 13.3. The zero-order valence-electron chi connectivity index (χ0n) is 22.9. The number of carbonyl (C=O) groups is 1. The van der Waals surface area contributed by atoms with E-state index in [9.17, 15) is 18.3 Å². The van der Waals surface area contributed by atoms with E-state index in [1.54, 1.807) is 42.5 Å². The molecule has 0 radical (unpaired) electrons. The lowest BCUT2D eigenvalue weighted by Gasteiger charge is -2.14. The maximum Gasteiger partial charge on any atom is 0.331 e. The molecule has 0 bridgehead atoms. The molecule has 39 heavy (non-hydrogen) atoms. The lowest BCUT2D eigenvalue weighted by molar-refractivity contribution is -0.132. The second-order valence-corrected chi connectivity index (χ2v) is 11.0. The molecule has 10 heteroatoms. The zero-order valence-corrected chi connectivity index (χ0v) is 24.5. The van der Waals surface area contributed by atoms with Crippen LogP contribution in [0.3, 0.4) is 0 Å². The molecule has 0 amide bonds. The van der Waals surface area contributed by atoms with E-state index in [0.717, 1.165) is 24.8 Å². The molecule has 2 aromatic carbocycles. The Morgan fingerprint density at radius 3 is 2.31 bits per heavy atom. The Labute approximate surface area is 237 Å². The molecule has 216 valence electrons. The monoisotopic (exact) mass is 582 g/mol. The number of rotatable bonds is 19. The van der Waals surface area contributed by atoms with Crippen molar-refractivity contribution in [1.29, 1.82) is 0 Å².